The summed E-state index contributed by atoms with van der Waals surface area (Å²) in [6, 6.07) is 3.84. The van der Waals surface area contributed by atoms with Crippen LogP contribution < -0.4 is 0 Å². The van der Waals surface area contributed by atoms with Gasteiger partial charge in [0.2, 0.25) is 0 Å². The van der Waals surface area contributed by atoms with Gasteiger partial charge in [-0.3, -0.25) is 0 Å². The number of furan rings is 1. The molecule has 5 rings (SSSR count). The van der Waals surface area contributed by atoms with E-state index in [1.54, 1.807) is 24.3 Å². The highest BCUT2D eigenvalue weighted by Gasteiger charge is 2.13. The average molecular weight is 365 g/mol. The van der Waals surface area contributed by atoms with E-state index in [-0.39, 0.29) is 34.0 Å². The number of hydrogen-bond donors (Lipinski definition) is 0. The van der Waals surface area contributed by atoms with Crippen LogP contribution in [0.25, 0.3) is 44.2 Å². The van der Waals surface area contributed by atoms with Gasteiger partial charge in [-0.05, 0) is 34.7 Å². The maximum Gasteiger partial charge on any atom is 0.136 e. The van der Waals surface area contributed by atoms with Crippen molar-refractivity contribution in [1.82, 2.24) is 0 Å². The largest absolute Gasteiger partial charge is 0.456 e. The second-order valence-electron chi connectivity index (χ2n) is 5.65. The van der Waals surface area contributed by atoms with Crippen LogP contribution in [0.1, 0.15) is 13.7 Å². The van der Waals surface area contributed by atoms with E-state index in [1.165, 1.54) is 6.07 Å². The summed E-state index contributed by atoms with van der Waals surface area (Å²) in [5.41, 5.74) is 0.683. The fourth-order valence-electron chi connectivity index (χ4n) is 2.89. The standard InChI is InChI=1S/C24H15ClO/c25-24-20-13-18(16-7-3-1-4-8-16)11-12-19(20)14-23-21(24)15-22(26-23)17-9-5-2-6-10-17/h1-15H/i1D,2D,3D,4D,5D,6D,7D,8D,9D,10D. The van der Waals surface area contributed by atoms with E-state index in [4.69, 9.17) is 29.7 Å². The molecule has 0 fully saturated rings. The summed E-state index contributed by atoms with van der Waals surface area (Å²) in [7, 11) is 0. The van der Waals surface area contributed by atoms with Crippen molar-refractivity contribution in [2.75, 3.05) is 0 Å². The van der Waals surface area contributed by atoms with Gasteiger partial charge in [0, 0.05) is 16.3 Å². The fourth-order valence-corrected chi connectivity index (χ4v) is 3.20. The SMILES string of the molecule is [2H]c1c([2H])c([2H])c(-c2ccc3cc4oc(-c5c([2H])c([2H])c([2H])c([2H])c5[2H])cc4c(Cl)c3c2)c([2H])c1[2H]. The van der Waals surface area contributed by atoms with Gasteiger partial charge in [-0.1, -0.05) is 84.2 Å². The van der Waals surface area contributed by atoms with Crippen molar-refractivity contribution in [3.05, 3.63) is 95.8 Å². The first-order chi connectivity index (χ1) is 16.9. The van der Waals surface area contributed by atoms with Gasteiger partial charge in [-0.2, -0.15) is 0 Å². The van der Waals surface area contributed by atoms with E-state index in [2.05, 4.69) is 0 Å². The Kier molecular flexibility index (Phi) is 1.89. The van der Waals surface area contributed by atoms with Crippen molar-refractivity contribution in [3.63, 3.8) is 0 Å². The Labute approximate surface area is 170 Å². The third-order valence-corrected chi connectivity index (χ3v) is 4.52. The summed E-state index contributed by atoms with van der Waals surface area (Å²) in [6.45, 7) is 0. The van der Waals surface area contributed by atoms with Crippen LogP contribution >= 0.6 is 11.6 Å². The maximum atomic E-state index is 8.25. The zero-order valence-electron chi connectivity index (χ0n) is 23.2. The molecule has 0 aliphatic heterocycles. The maximum absolute atomic E-state index is 8.25. The number of benzene rings is 4. The molecule has 26 heavy (non-hydrogen) atoms. The van der Waals surface area contributed by atoms with Crippen LogP contribution in [0.4, 0.5) is 0 Å². The Morgan fingerprint density at radius 1 is 0.692 bits per heavy atom. The molecule has 1 aromatic heterocycles. The minimum absolute atomic E-state index is 0.0473. The molecule has 0 aliphatic carbocycles. The van der Waals surface area contributed by atoms with Crippen LogP contribution in [0.5, 0.6) is 0 Å². The lowest BCUT2D eigenvalue weighted by atomic mass is 10.0. The van der Waals surface area contributed by atoms with Crippen molar-refractivity contribution in [1.29, 1.82) is 0 Å². The van der Waals surface area contributed by atoms with Gasteiger partial charge in [0.15, 0.2) is 0 Å². The predicted octanol–water partition coefficient (Wildman–Crippen LogP) is 7.57. The molecule has 0 unspecified atom stereocenters. The molecule has 1 heterocycles. The highest BCUT2D eigenvalue weighted by Crippen LogP contribution is 2.38. The molecule has 0 radical (unpaired) electrons. The lowest BCUT2D eigenvalue weighted by molar-refractivity contribution is 0.632. The van der Waals surface area contributed by atoms with Crippen molar-refractivity contribution >= 4 is 33.3 Å². The highest BCUT2D eigenvalue weighted by molar-refractivity contribution is 6.40. The molecule has 0 atom stereocenters. The molecule has 0 spiro atoms. The monoisotopic (exact) mass is 364 g/mol. The lowest BCUT2D eigenvalue weighted by Gasteiger charge is -2.06. The van der Waals surface area contributed by atoms with E-state index in [0.29, 0.717) is 27.3 Å². The molecular formula is C24H15ClO. The van der Waals surface area contributed by atoms with Gasteiger partial charge in [0.1, 0.15) is 11.3 Å². The molecule has 4 aromatic carbocycles. The lowest BCUT2D eigenvalue weighted by Crippen LogP contribution is -1.80. The Hall–Kier alpha value is -3.03. The van der Waals surface area contributed by atoms with Crippen LogP contribution in [0.3, 0.4) is 0 Å². The molecule has 1 nitrogen and oxygen atoms in total. The number of hydrogen-bond acceptors (Lipinski definition) is 1. The Balaban J connectivity index is 1.76. The van der Waals surface area contributed by atoms with Crippen molar-refractivity contribution in [2.45, 2.75) is 0 Å². The summed E-state index contributed by atoms with van der Waals surface area (Å²) < 4.78 is 86.1. The van der Waals surface area contributed by atoms with Crippen LogP contribution in [0.15, 0.2) is 95.2 Å². The van der Waals surface area contributed by atoms with Gasteiger partial charge in [-0.15, -0.1) is 0 Å². The van der Waals surface area contributed by atoms with Crippen LogP contribution in [-0.4, -0.2) is 0 Å². The van der Waals surface area contributed by atoms with Crippen LogP contribution in [0, 0.1) is 0 Å². The zero-order chi connectivity index (χ0) is 26.2. The number of halogens is 1. The smallest absolute Gasteiger partial charge is 0.136 e. The van der Waals surface area contributed by atoms with Gasteiger partial charge in [0.25, 0.3) is 0 Å². The summed E-state index contributed by atoms with van der Waals surface area (Å²) >= 11 is 6.71. The minimum atomic E-state index is -0.506. The topological polar surface area (TPSA) is 13.1 Å². The summed E-state index contributed by atoms with van der Waals surface area (Å²) in [6.07, 6.45) is 0. The van der Waals surface area contributed by atoms with Crippen molar-refractivity contribution in [3.8, 4) is 22.5 Å². The number of rotatable bonds is 2. The first-order valence-electron chi connectivity index (χ1n) is 12.7. The summed E-state index contributed by atoms with van der Waals surface area (Å²) in [5.74, 6) is 0.0602. The Morgan fingerprint density at radius 2 is 1.38 bits per heavy atom. The van der Waals surface area contributed by atoms with Gasteiger partial charge < -0.3 is 4.42 Å². The quantitative estimate of drug-likeness (QED) is 0.314. The third kappa shape index (κ3) is 2.49. The molecule has 0 bridgehead atoms. The Bertz CT molecular complexity index is 1630. The fraction of sp³-hybridized carbons (Fsp3) is 0. The normalized spacial score (nSPS) is 16.7. The number of fused-ring (bicyclic) bond motifs is 2. The van der Waals surface area contributed by atoms with E-state index in [1.807, 2.05) is 0 Å². The van der Waals surface area contributed by atoms with E-state index in [0.717, 1.165) is 0 Å². The zero-order valence-corrected chi connectivity index (χ0v) is 13.9. The van der Waals surface area contributed by atoms with E-state index < -0.39 is 48.3 Å². The summed E-state index contributed by atoms with van der Waals surface area (Å²) in [4.78, 5) is 0. The van der Waals surface area contributed by atoms with Crippen LogP contribution in [0.2, 0.25) is 5.02 Å². The second kappa shape index (κ2) is 6.05. The van der Waals surface area contributed by atoms with Crippen molar-refractivity contribution in [2.24, 2.45) is 0 Å². The van der Waals surface area contributed by atoms with Gasteiger partial charge in [-0.25, -0.2) is 0 Å². The second-order valence-corrected chi connectivity index (χ2v) is 6.03. The molecular weight excluding hydrogens is 340 g/mol. The molecule has 124 valence electrons. The Morgan fingerprint density at radius 3 is 2.12 bits per heavy atom. The van der Waals surface area contributed by atoms with Gasteiger partial charge in [0.05, 0.1) is 18.7 Å². The summed E-state index contributed by atoms with van der Waals surface area (Å²) in [5, 5.41) is 1.86. The minimum Gasteiger partial charge on any atom is -0.456 e. The van der Waals surface area contributed by atoms with Gasteiger partial charge >= 0.3 is 0 Å². The first kappa shape index (κ1) is 8.11. The predicted molar refractivity (Wildman–Crippen MR) is 110 cm³/mol. The third-order valence-electron chi connectivity index (χ3n) is 4.11. The average Bonchev–Trinajstić information content (AvgIpc) is 3.28. The van der Waals surface area contributed by atoms with E-state index >= 15 is 0 Å². The molecule has 0 N–H and O–H groups in total. The van der Waals surface area contributed by atoms with Crippen molar-refractivity contribution < 1.29 is 18.1 Å². The molecule has 2 heteroatoms. The molecule has 0 aliphatic rings. The highest BCUT2D eigenvalue weighted by atomic mass is 35.5. The van der Waals surface area contributed by atoms with E-state index in [9.17, 15) is 0 Å². The van der Waals surface area contributed by atoms with Crippen LogP contribution in [-0.2, 0) is 0 Å². The first-order valence-corrected chi connectivity index (χ1v) is 8.12. The molecule has 5 aromatic rings. The molecule has 0 saturated carbocycles. The molecule has 0 saturated heterocycles. The molecule has 0 amide bonds.